The molecule has 0 amide bonds. The van der Waals surface area contributed by atoms with Crippen LogP contribution in [0.15, 0.2) is 60.7 Å². The molecule has 3 rings (SSSR count). The molecule has 24 heavy (non-hydrogen) atoms. The molecular weight excluding hydrogens is 520 g/mol. The molecule has 3 nitrogen and oxygen atoms in total. The Balaban J connectivity index is 0.000000671. The van der Waals surface area contributed by atoms with Crippen LogP contribution in [0.4, 0.5) is 0 Å². The summed E-state index contributed by atoms with van der Waals surface area (Å²) >= 11 is 0. The molecule has 3 aromatic rings. The first-order chi connectivity index (χ1) is 11.2. The van der Waals surface area contributed by atoms with Crippen molar-refractivity contribution in [1.82, 2.24) is 14.8 Å². The fourth-order valence-electron chi connectivity index (χ4n) is 2.05. The van der Waals surface area contributed by atoms with Gasteiger partial charge in [-0.05, 0) is 12.1 Å². The van der Waals surface area contributed by atoms with Crippen molar-refractivity contribution in [1.29, 1.82) is 0 Å². The summed E-state index contributed by atoms with van der Waals surface area (Å²) in [5.74, 6) is 2.76. The summed E-state index contributed by atoms with van der Waals surface area (Å²) in [5.41, 5.74) is 2.09. The molecule has 0 aliphatic rings. The Labute approximate surface area is 168 Å². The zero-order chi connectivity index (χ0) is 16.7. The number of benzene rings is 2. The van der Waals surface area contributed by atoms with E-state index in [1.807, 2.05) is 67.1 Å². The molecule has 124 valence electrons. The molecule has 0 N–H and O–H groups in total. The predicted molar refractivity (Wildman–Crippen MR) is 96.5 cm³/mol. The number of hydrogen-bond donors (Lipinski definition) is 0. The van der Waals surface area contributed by atoms with Gasteiger partial charge in [-0.15, -0.1) is 0 Å². The number of rotatable bonds is 3. The van der Waals surface area contributed by atoms with Gasteiger partial charge in [-0.1, -0.05) is 68.8 Å². The molecule has 4 heteroatoms. The molecule has 0 atom stereocenters. The topological polar surface area (TPSA) is 30.7 Å². The van der Waals surface area contributed by atoms with Crippen LogP contribution in [0, 0.1) is 37.0 Å². The molecule has 0 aliphatic carbocycles. The maximum Gasteiger partial charge on any atom is 0.160 e. The molecule has 0 saturated carbocycles. The maximum absolute atomic E-state index is 4.67. The van der Waals surface area contributed by atoms with Crippen molar-refractivity contribution in [3.8, 4) is 17.1 Å². The van der Waals surface area contributed by atoms with E-state index in [-0.39, 0.29) is 31.1 Å². The van der Waals surface area contributed by atoms with Crippen molar-refractivity contribution in [2.24, 2.45) is 0 Å². The minimum atomic E-state index is 0. The molecule has 0 fully saturated rings. The minimum absolute atomic E-state index is 0. The van der Waals surface area contributed by atoms with E-state index in [1.54, 1.807) is 0 Å². The van der Waals surface area contributed by atoms with Crippen LogP contribution in [0.1, 0.15) is 39.9 Å². The Morgan fingerprint density at radius 1 is 0.875 bits per heavy atom. The molecule has 1 aromatic heterocycles. The number of hydrogen-bond acceptors (Lipinski definition) is 2. The van der Waals surface area contributed by atoms with Crippen LogP contribution in [-0.2, 0) is 0 Å². The van der Waals surface area contributed by atoms with E-state index in [1.165, 1.54) is 6.42 Å². The average Bonchev–Trinajstić information content (AvgIpc) is 3.03. The quantitative estimate of drug-likeness (QED) is 0.419. The van der Waals surface area contributed by atoms with E-state index < -0.39 is 0 Å². The van der Waals surface area contributed by atoms with Crippen molar-refractivity contribution < 1.29 is 31.1 Å². The van der Waals surface area contributed by atoms with Crippen molar-refractivity contribution in [2.45, 2.75) is 34.1 Å². The van der Waals surface area contributed by atoms with Gasteiger partial charge in [0.1, 0.15) is 0 Å². The zero-order valence-electron chi connectivity index (χ0n) is 14.8. The first-order valence-electron chi connectivity index (χ1n) is 8.05. The second kappa shape index (κ2) is 10.4. The van der Waals surface area contributed by atoms with Crippen LogP contribution in [-0.4, -0.2) is 14.8 Å². The van der Waals surface area contributed by atoms with Gasteiger partial charge in [-0.3, -0.25) is 0 Å². The third-order valence-electron chi connectivity index (χ3n) is 3.09. The second-order valence-corrected chi connectivity index (χ2v) is 5.58. The number of para-hydroxylation sites is 1. The van der Waals surface area contributed by atoms with Crippen molar-refractivity contribution in [3.63, 3.8) is 0 Å². The van der Waals surface area contributed by atoms with Crippen LogP contribution >= 0.6 is 0 Å². The second-order valence-electron chi connectivity index (χ2n) is 5.58. The largest absolute Gasteiger partial charge is 0.313 e. The zero-order valence-corrected chi connectivity index (χ0v) is 19.0. The van der Waals surface area contributed by atoms with Gasteiger partial charge in [-0.25, -0.2) is 9.67 Å². The summed E-state index contributed by atoms with van der Waals surface area (Å²) in [6.07, 6.45) is 1.25. The van der Waals surface area contributed by atoms with E-state index in [2.05, 4.69) is 36.1 Å². The van der Waals surface area contributed by atoms with Crippen LogP contribution in [0.25, 0.3) is 17.1 Å². The van der Waals surface area contributed by atoms with Crippen molar-refractivity contribution in [3.05, 3.63) is 72.4 Å². The smallest absolute Gasteiger partial charge is 0.160 e. The predicted octanol–water partition coefficient (Wildman–Crippen LogP) is 5.31. The van der Waals surface area contributed by atoms with Gasteiger partial charge < -0.3 is 5.92 Å². The summed E-state index contributed by atoms with van der Waals surface area (Å²) in [5, 5.41) is 4.62. The third kappa shape index (κ3) is 5.26. The summed E-state index contributed by atoms with van der Waals surface area (Å²) in [7, 11) is 0. The maximum atomic E-state index is 4.67. The molecule has 0 spiro atoms. The average molecular weight is 544 g/mol. The summed E-state index contributed by atoms with van der Waals surface area (Å²) in [4.78, 5) is 4.67. The number of nitrogens with zero attached hydrogens (tertiary/aromatic N) is 3. The summed E-state index contributed by atoms with van der Waals surface area (Å²) < 4.78 is 1.90. The van der Waals surface area contributed by atoms with Gasteiger partial charge in [0.2, 0.25) is 0 Å². The van der Waals surface area contributed by atoms with Gasteiger partial charge in [0.25, 0.3) is 0 Å². The van der Waals surface area contributed by atoms with Crippen LogP contribution in [0.3, 0.4) is 0 Å². The molecular formula is C20H24N3U-. The SMILES string of the molecule is CCC.C[C-](C)c1nc(-c2ccccc2)n(-c2ccccc2)n1.[U]. The molecule has 1 heterocycles. The van der Waals surface area contributed by atoms with Gasteiger partial charge in [0.05, 0.1) is 5.69 Å². The molecule has 0 saturated heterocycles. The fourth-order valence-corrected chi connectivity index (χ4v) is 2.05. The standard InChI is InChI=1S/C17H16N3.C3H8.U/c1-13(2)16-18-17(14-9-5-3-6-10-14)20(19-16)15-11-7-4-8-12-15;1-3-2;/h3-12H,1-2H3;3H2,1-2H3;/q-1;;. The van der Waals surface area contributed by atoms with E-state index in [4.69, 9.17) is 0 Å². The molecule has 0 radical (unpaired) electrons. The Morgan fingerprint density at radius 2 is 1.38 bits per heavy atom. The van der Waals surface area contributed by atoms with E-state index in [0.717, 1.165) is 28.8 Å². The number of aromatic nitrogens is 3. The van der Waals surface area contributed by atoms with Gasteiger partial charge in [0.15, 0.2) is 5.82 Å². The first-order valence-corrected chi connectivity index (χ1v) is 8.05. The van der Waals surface area contributed by atoms with Crippen LogP contribution in [0.5, 0.6) is 0 Å². The van der Waals surface area contributed by atoms with Gasteiger partial charge in [0, 0.05) is 42.5 Å². The monoisotopic (exact) mass is 544 g/mol. The molecule has 0 unspecified atom stereocenters. The van der Waals surface area contributed by atoms with E-state index >= 15 is 0 Å². The van der Waals surface area contributed by atoms with E-state index in [9.17, 15) is 0 Å². The summed E-state index contributed by atoms with van der Waals surface area (Å²) in [6, 6.07) is 20.2. The molecule has 2 aromatic carbocycles. The van der Waals surface area contributed by atoms with Crippen molar-refractivity contribution >= 4 is 0 Å². The Kier molecular flexibility index (Phi) is 8.89. The molecule has 0 aliphatic heterocycles. The Hall–Kier alpha value is -1.50. The summed E-state index contributed by atoms with van der Waals surface area (Å²) in [6.45, 7) is 8.30. The normalized spacial score (nSPS) is 9.50. The van der Waals surface area contributed by atoms with E-state index in [0.29, 0.717) is 0 Å². The van der Waals surface area contributed by atoms with Gasteiger partial charge in [-0.2, -0.15) is 18.9 Å². The molecule has 0 bridgehead atoms. The first kappa shape index (κ1) is 20.5. The van der Waals surface area contributed by atoms with Crippen LogP contribution < -0.4 is 0 Å². The fraction of sp³-hybridized carbons (Fsp3) is 0.250. The minimum Gasteiger partial charge on any atom is -0.313 e. The third-order valence-corrected chi connectivity index (χ3v) is 3.09. The van der Waals surface area contributed by atoms with Crippen molar-refractivity contribution in [2.75, 3.05) is 0 Å². The Morgan fingerprint density at radius 3 is 1.88 bits per heavy atom. The van der Waals surface area contributed by atoms with Gasteiger partial charge >= 0.3 is 0 Å². The van der Waals surface area contributed by atoms with Crippen LogP contribution in [0.2, 0.25) is 0 Å². The Bertz CT molecular complexity index is 649.